The third-order valence-electron chi connectivity index (χ3n) is 5.35. The summed E-state index contributed by atoms with van der Waals surface area (Å²) in [5.74, 6) is 1.56. The van der Waals surface area contributed by atoms with Crippen LogP contribution in [0.2, 0.25) is 0 Å². The number of nitrogens with zero attached hydrogens (tertiary/aromatic N) is 1. The molecule has 3 aromatic rings. The molecule has 1 fully saturated rings. The Morgan fingerprint density at radius 2 is 2.05 bits per heavy atom. The minimum absolute atomic E-state index is 0. The Hall–Kier alpha value is -1.24. The third kappa shape index (κ3) is 1.69. The maximum Gasteiger partial charge on any atom is 0.0199 e. The molecule has 2 bridgehead atoms. The first kappa shape index (κ1) is 13.4. The van der Waals surface area contributed by atoms with Crippen molar-refractivity contribution in [1.82, 2.24) is 4.98 Å². The Kier molecular flexibility index (Phi) is 2.96. The molecule has 1 nitrogen and oxygen atoms in total. The molecule has 0 aliphatic heterocycles. The fourth-order valence-electron chi connectivity index (χ4n) is 4.46. The monoisotopic (exact) mass is 451 g/mol. The molecule has 2 heteroatoms. The van der Waals surface area contributed by atoms with Crippen LogP contribution in [0.5, 0.6) is 0 Å². The standard InChI is InChI=1S/C19H16N.Ir/c1-11-8-16-18-13-7-6-12(9-13)17(18)10-20-19(16)15-5-3-2-4-14(11)15;/h2-4,8,10,12-13H,6-7,9H2,1H3;/q-1;. The van der Waals surface area contributed by atoms with E-state index in [1.165, 1.54) is 46.5 Å². The first-order valence-corrected chi connectivity index (χ1v) is 7.55. The Labute approximate surface area is 138 Å². The van der Waals surface area contributed by atoms with E-state index in [4.69, 9.17) is 4.98 Å². The van der Waals surface area contributed by atoms with Gasteiger partial charge in [-0.3, -0.25) is 0 Å². The van der Waals surface area contributed by atoms with E-state index in [9.17, 15) is 0 Å². The van der Waals surface area contributed by atoms with Gasteiger partial charge in [-0.25, -0.2) is 0 Å². The first-order chi connectivity index (χ1) is 9.83. The van der Waals surface area contributed by atoms with Gasteiger partial charge in [-0.15, -0.1) is 35.0 Å². The quantitative estimate of drug-likeness (QED) is 0.352. The van der Waals surface area contributed by atoms with Crippen LogP contribution in [0.4, 0.5) is 0 Å². The van der Waals surface area contributed by atoms with E-state index in [1.54, 1.807) is 5.56 Å². The van der Waals surface area contributed by atoms with Crippen LogP contribution in [-0.4, -0.2) is 4.98 Å². The molecule has 107 valence electrons. The molecular weight excluding hydrogens is 434 g/mol. The molecule has 1 radical (unpaired) electrons. The zero-order chi connectivity index (χ0) is 13.3. The van der Waals surface area contributed by atoms with Gasteiger partial charge in [-0.05, 0) is 60.1 Å². The minimum Gasteiger partial charge on any atom is -0.304 e. The normalized spacial score (nSPS) is 22.5. The minimum atomic E-state index is 0. The van der Waals surface area contributed by atoms with Gasteiger partial charge in [0.25, 0.3) is 0 Å². The van der Waals surface area contributed by atoms with Gasteiger partial charge in [0.15, 0.2) is 0 Å². The number of rotatable bonds is 0. The topological polar surface area (TPSA) is 12.9 Å². The van der Waals surface area contributed by atoms with E-state index in [0.29, 0.717) is 0 Å². The zero-order valence-corrected chi connectivity index (χ0v) is 14.3. The van der Waals surface area contributed by atoms with Crippen molar-refractivity contribution in [2.75, 3.05) is 0 Å². The first-order valence-electron chi connectivity index (χ1n) is 7.55. The summed E-state index contributed by atoms with van der Waals surface area (Å²) in [6.07, 6.45) is 6.23. The van der Waals surface area contributed by atoms with Crippen LogP contribution in [0.15, 0.2) is 30.5 Å². The van der Waals surface area contributed by atoms with Crippen molar-refractivity contribution >= 4 is 21.7 Å². The van der Waals surface area contributed by atoms with Crippen molar-refractivity contribution in [1.29, 1.82) is 0 Å². The van der Waals surface area contributed by atoms with Crippen molar-refractivity contribution in [2.24, 2.45) is 0 Å². The van der Waals surface area contributed by atoms with Crippen LogP contribution >= 0.6 is 0 Å². The molecule has 2 unspecified atom stereocenters. The molecule has 2 aliphatic rings. The average Bonchev–Trinajstić information content (AvgIpc) is 3.09. The fraction of sp³-hybridized carbons (Fsp3) is 0.316. The molecule has 2 aromatic carbocycles. The van der Waals surface area contributed by atoms with Gasteiger partial charge in [0.2, 0.25) is 0 Å². The third-order valence-corrected chi connectivity index (χ3v) is 5.35. The summed E-state index contributed by atoms with van der Waals surface area (Å²) >= 11 is 0. The molecule has 1 saturated carbocycles. The SMILES string of the molecule is Cc1cc2c3c(cnc2c2[c-]cccc12)C1CCC3C1.[Ir]. The van der Waals surface area contributed by atoms with Crippen molar-refractivity contribution in [2.45, 2.75) is 38.0 Å². The van der Waals surface area contributed by atoms with E-state index < -0.39 is 0 Å². The van der Waals surface area contributed by atoms with Gasteiger partial charge in [0.05, 0.1) is 0 Å². The van der Waals surface area contributed by atoms with Crippen molar-refractivity contribution in [3.63, 3.8) is 0 Å². The van der Waals surface area contributed by atoms with Gasteiger partial charge in [-0.1, -0.05) is 11.6 Å². The second-order valence-electron chi connectivity index (χ2n) is 6.38. The molecule has 0 spiro atoms. The predicted molar refractivity (Wildman–Crippen MR) is 82.2 cm³/mol. The van der Waals surface area contributed by atoms with Crippen molar-refractivity contribution in [3.8, 4) is 0 Å². The number of aromatic nitrogens is 1. The molecule has 0 amide bonds. The number of fused-ring (bicyclic) bond motifs is 9. The molecule has 2 aliphatic carbocycles. The number of aryl methyl sites for hydroxylation is 1. The predicted octanol–water partition coefficient (Wildman–Crippen LogP) is 4.86. The fourth-order valence-corrected chi connectivity index (χ4v) is 4.46. The summed E-state index contributed by atoms with van der Waals surface area (Å²) < 4.78 is 0. The number of pyridine rings is 1. The van der Waals surface area contributed by atoms with Crippen LogP contribution in [0.25, 0.3) is 21.7 Å². The summed E-state index contributed by atoms with van der Waals surface area (Å²) in [7, 11) is 0. The Morgan fingerprint density at radius 1 is 1.19 bits per heavy atom. The van der Waals surface area contributed by atoms with Gasteiger partial charge in [0.1, 0.15) is 0 Å². The molecule has 0 N–H and O–H groups in total. The van der Waals surface area contributed by atoms with E-state index in [1.807, 2.05) is 6.07 Å². The molecule has 21 heavy (non-hydrogen) atoms. The molecular formula is C19H16IrN-. The van der Waals surface area contributed by atoms with Crippen LogP contribution in [0, 0.1) is 13.0 Å². The summed E-state index contributed by atoms with van der Waals surface area (Å²) in [5, 5.41) is 3.87. The van der Waals surface area contributed by atoms with Crippen molar-refractivity contribution < 1.29 is 20.1 Å². The van der Waals surface area contributed by atoms with E-state index >= 15 is 0 Å². The average molecular weight is 451 g/mol. The molecule has 1 heterocycles. The second kappa shape index (κ2) is 4.63. The Bertz CT molecular complexity index is 868. The van der Waals surface area contributed by atoms with E-state index in [2.05, 4.69) is 37.4 Å². The zero-order valence-electron chi connectivity index (χ0n) is 11.9. The smallest absolute Gasteiger partial charge is 0.0199 e. The Morgan fingerprint density at radius 3 is 2.95 bits per heavy atom. The summed E-state index contributed by atoms with van der Waals surface area (Å²) in [5.41, 5.74) is 5.64. The van der Waals surface area contributed by atoms with Crippen LogP contribution in [0.1, 0.15) is 47.8 Å². The van der Waals surface area contributed by atoms with Crippen LogP contribution in [-0.2, 0) is 20.1 Å². The van der Waals surface area contributed by atoms with E-state index in [-0.39, 0.29) is 20.1 Å². The maximum atomic E-state index is 4.81. The maximum absolute atomic E-state index is 4.81. The molecule has 2 atom stereocenters. The van der Waals surface area contributed by atoms with Gasteiger partial charge < -0.3 is 4.98 Å². The van der Waals surface area contributed by atoms with E-state index in [0.717, 1.165) is 17.4 Å². The van der Waals surface area contributed by atoms with Gasteiger partial charge >= 0.3 is 0 Å². The molecule has 1 aromatic heterocycles. The Balaban J connectivity index is 0.00000115. The van der Waals surface area contributed by atoms with Crippen LogP contribution in [0.3, 0.4) is 0 Å². The summed E-state index contributed by atoms with van der Waals surface area (Å²) in [6, 6.07) is 12.0. The number of benzene rings is 2. The number of hydrogen-bond acceptors (Lipinski definition) is 1. The second-order valence-corrected chi connectivity index (χ2v) is 6.38. The van der Waals surface area contributed by atoms with Gasteiger partial charge in [0, 0.05) is 26.3 Å². The van der Waals surface area contributed by atoms with Crippen molar-refractivity contribution in [3.05, 3.63) is 53.2 Å². The molecule has 5 rings (SSSR count). The van der Waals surface area contributed by atoms with Gasteiger partial charge in [-0.2, -0.15) is 0 Å². The molecule has 0 saturated heterocycles. The van der Waals surface area contributed by atoms with Crippen LogP contribution < -0.4 is 0 Å². The summed E-state index contributed by atoms with van der Waals surface area (Å²) in [4.78, 5) is 4.81. The summed E-state index contributed by atoms with van der Waals surface area (Å²) in [6.45, 7) is 2.21. The number of hydrogen-bond donors (Lipinski definition) is 0. The largest absolute Gasteiger partial charge is 0.304 e.